The van der Waals surface area contributed by atoms with Gasteiger partial charge in [0.2, 0.25) is 11.8 Å². The average Bonchev–Trinajstić information content (AvgIpc) is 2.84. The van der Waals surface area contributed by atoms with Crippen molar-refractivity contribution in [2.24, 2.45) is 11.1 Å². The van der Waals surface area contributed by atoms with Crippen LogP contribution in [0.3, 0.4) is 0 Å². The smallest absolute Gasteiger partial charge is 0.264 e. The third kappa shape index (κ3) is 6.71. The van der Waals surface area contributed by atoms with Gasteiger partial charge in [0.1, 0.15) is 6.61 Å². The van der Waals surface area contributed by atoms with Crippen LogP contribution in [-0.4, -0.2) is 53.4 Å². The van der Waals surface area contributed by atoms with E-state index in [1.165, 1.54) is 12.1 Å². The van der Waals surface area contributed by atoms with Crippen molar-refractivity contribution in [1.29, 1.82) is 0 Å². The van der Waals surface area contributed by atoms with Gasteiger partial charge in [-0.1, -0.05) is 45.0 Å². The first-order valence-corrected chi connectivity index (χ1v) is 15.4. The van der Waals surface area contributed by atoms with Gasteiger partial charge in [-0.2, -0.15) is 4.98 Å². The molecule has 11 heteroatoms. The summed E-state index contributed by atoms with van der Waals surface area (Å²) >= 11 is 0. The molecule has 3 aromatic rings. The fourth-order valence-corrected chi connectivity index (χ4v) is 6.97. The molecule has 1 amide bonds. The van der Waals surface area contributed by atoms with Gasteiger partial charge in [0.25, 0.3) is 15.9 Å². The fraction of sp³-hybridized carbons (Fsp3) is 0.452. The number of halogens is 1. The zero-order valence-electron chi connectivity index (χ0n) is 25.0. The highest BCUT2D eigenvalue weighted by atomic mass is 35.5. The number of anilines is 1. The molecule has 42 heavy (non-hydrogen) atoms. The van der Waals surface area contributed by atoms with Crippen LogP contribution < -0.4 is 15.2 Å². The second-order valence-corrected chi connectivity index (χ2v) is 14.7. The Hall–Kier alpha value is -3.21. The van der Waals surface area contributed by atoms with Crippen LogP contribution >= 0.6 is 12.4 Å². The number of benzene rings is 2. The Morgan fingerprint density at radius 1 is 1.07 bits per heavy atom. The molecule has 0 unspecified atom stereocenters. The zero-order valence-corrected chi connectivity index (χ0v) is 26.6. The van der Waals surface area contributed by atoms with Crippen molar-refractivity contribution in [3.8, 4) is 17.1 Å². The monoisotopic (exact) mass is 613 g/mol. The Balaban J connectivity index is 0.00000405. The van der Waals surface area contributed by atoms with E-state index >= 15 is 0 Å². The topological polar surface area (TPSA) is 128 Å². The Bertz CT molecular complexity index is 1570. The van der Waals surface area contributed by atoms with E-state index in [9.17, 15) is 13.2 Å². The van der Waals surface area contributed by atoms with Gasteiger partial charge in [0.05, 0.1) is 16.6 Å². The molecule has 1 aliphatic carbocycles. The lowest BCUT2D eigenvalue weighted by Crippen LogP contribution is -2.63. The molecule has 1 saturated carbocycles. The van der Waals surface area contributed by atoms with E-state index in [-0.39, 0.29) is 64.7 Å². The molecule has 5 rings (SSSR count). The molecule has 9 nitrogen and oxygen atoms in total. The quantitative estimate of drug-likeness (QED) is 0.399. The number of hydrogen-bond acceptors (Lipinski definition) is 7. The van der Waals surface area contributed by atoms with Gasteiger partial charge in [0, 0.05) is 28.8 Å². The Labute approximate surface area is 254 Å². The first kappa shape index (κ1) is 31.7. The number of aromatic nitrogens is 2. The van der Waals surface area contributed by atoms with Crippen molar-refractivity contribution >= 4 is 34.3 Å². The second kappa shape index (κ2) is 11.5. The number of nitrogens with two attached hydrogens (primary N) is 1. The molecule has 1 aromatic heterocycles. The molecule has 0 spiro atoms. The second-order valence-electron chi connectivity index (χ2n) is 13.0. The number of nitrogens with zero attached hydrogens (tertiary/aromatic N) is 3. The summed E-state index contributed by atoms with van der Waals surface area (Å²) < 4.78 is 35.9. The lowest BCUT2D eigenvalue weighted by molar-refractivity contribution is 0.00619. The molecule has 0 radical (unpaired) electrons. The number of carbonyl (C=O) groups is 1. The van der Waals surface area contributed by atoms with Crippen molar-refractivity contribution in [2.75, 3.05) is 11.3 Å². The average molecular weight is 614 g/mol. The van der Waals surface area contributed by atoms with E-state index in [1.807, 2.05) is 43.9 Å². The summed E-state index contributed by atoms with van der Waals surface area (Å²) in [7, 11) is -4.11. The maximum Gasteiger partial charge on any atom is 0.264 e. The van der Waals surface area contributed by atoms with Gasteiger partial charge in [-0.25, -0.2) is 18.1 Å². The lowest BCUT2D eigenvalue weighted by Gasteiger charge is -2.51. The summed E-state index contributed by atoms with van der Waals surface area (Å²) in [4.78, 5) is 25.0. The van der Waals surface area contributed by atoms with Gasteiger partial charge >= 0.3 is 0 Å². The van der Waals surface area contributed by atoms with Crippen molar-refractivity contribution in [3.05, 3.63) is 65.2 Å². The third-order valence-electron chi connectivity index (χ3n) is 7.75. The summed E-state index contributed by atoms with van der Waals surface area (Å²) in [5, 5.41) is 0. The molecule has 1 aliphatic heterocycles. The minimum Gasteiger partial charge on any atom is -0.475 e. The van der Waals surface area contributed by atoms with Crippen LogP contribution in [0, 0.1) is 19.3 Å². The van der Waals surface area contributed by atoms with Crippen molar-refractivity contribution < 1.29 is 17.9 Å². The summed E-state index contributed by atoms with van der Waals surface area (Å²) in [6.45, 7) is 12.5. The normalized spacial score (nSPS) is 23.6. The SMILES string of the molecule is Cc1cccc(C)c1-c1cc2nc(n1)NS(=O)(=O)c1cccc(c1)C(=O)N(C1CC(C)(N)C1)[C@H](CC(C)(C)C)CO2.Cl. The van der Waals surface area contributed by atoms with Crippen LogP contribution in [0.25, 0.3) is 11.3 Å². The molecule has 1 atom stereocenters. The van der Waals surface area contributed by atoms with Gasteiger partial charge in [0.15, 0.2) is 0 Å². The van der Waals surface area contributed by atoms with Crippen LogP contribution in [-0.2, 0) is 10.0 Å². The molecular formula is C31H40ClN5O4S. The van der Waals surface area contributed by atoms with Crippen LogP contribution in [0.1, 0.15) is 68.4 Å². The molecule has 3 N–H and O–H groups in total. The summed E-state index contributed by atoms with van der Waals surface area (Å²) in [6.07, 6.45) is 1.95. The van der Waals surface area contributed by atoms with Crippen LogP contribution in [0.2, 0.25) is 0 Å². The minimum absolute atomic E-state index is 0. The molecule has 0 saturated heterocycles. The Kier molecular flexibility index (Phi) is 8.66. The van der Waals surface area contributed by atoms with Crippen molar-refractivity contribution in [2.45, 2.75) is 83.3 Å². The molecule has 2 heterocycles. The molecular weight excluding hydrogens is 574 g/mol. The van der Waals surface area contributed by atoms with E-state index in [4.69, 9.17) is 10.5 Å². The van der Waals surface area contributed by atoms with Crippen LogP contribution in [0.5, 0.6) is 5.88 Å². The van der Waals surface area contributed by atoms with Crippen molar-refractivity contribution in [3.63, 3.8) is 0 Å². The number of sulfonamides is 1. The maximum absolute atomic E-state index is 14.2. The van der Waals surface area contributed by atoms with Crippen molar-refractivity contribution in [1.82, 2.24) is 14.9 Å². The maximum atomic E-state index is 14.2. The number of ether oxygens (including phenoxy) is 1. The fourth-order valence-electron chi connectivity index (χ4n) is 5.98. The number of carbonyl (C=O) groups excluding carboxylic acids is 1. The summed E-state index contributed by atoms with van der Waals surface area (Å²) in [6, 6.07) is 13.4. The number of fused-ring (bicyclic) bond motifs is 4. The van der Waals surface area contributed by atoms with E-state index < -0.39 is 10.0 Å². The minimum atomic E-state index is -4.11. The highest BCUT2D eigenvalue weighted by Gasteiger charge is 2.45. The zero-order chi connectivity index (χ0) is 29.7. The highest BCUT2D eigenvalue weighted by molar-refractivity contribution is 7.92. The third-order valence-corrected chi connectivity index (χ3v) is 9.08. The lowest BCUT2D eigenvalue weighted by atomic mass is 9.73. The Morgan fingerprint density at radius 3 is 2.33 bits per heavy atom. The van der Waals surface area contributed by atoms with Gasteiger partial charge in [-0.3, -0.25) is 4.79 Å². The number of hydrogen-bond donors (Lipinski definition) is 2. The van der Waals surface area contributed by atoms with Gasteiger partial charge in [-0.15, -0.1) is 12.4 Å². The van der Waals surface area contributed by atoms with E-state index in [0.717, 1.165) is 16.7 Å². The number of nitrogens with one attached hydrogen (secondary N) is 1. The number of aryl methyl sites for hydroxylation is 2. The summed E-state index contributed by atoms with van der Waals surface area (Å²) in [5.74, 6) is -0.114. The van der Waals surface area contributed by atoms with Gasteiger partial charge < -0.3 is 15.4 Å². The molecule has 1 fully saturated rings. The van der Waals surface area contributed by atoms with E-state index in [1.54, 1.807) is 18.2 Å². The van der Waals surface area contributed by atoms with Crippen LogP contribution in [0.4, 0.5) is 5.95 Å². The first-order chi connectivity index (χ1) is 19.1. The first-order valence-electron chi connectivity index (χ1n) is 13.9. The highest BCUT2D eigenvalue weighted by Crippen LogP contribution is 2.38. The van der Waals surface area contributed by atoms with E-state index in [0.29, 0.717) is 30.5 Å². The molecule has 2 aliphatic rings. The molecule has 4 bridgehead atoms. The molecule has 2 aromatic carbocycles. The standard InChI is InChI=1S/C31H39N5O4S.ClH/c1-19-9-7-10-20(2)27(19)25-14-26-34-29(33-25)35-41(38,39)24-12-8-11-21(13-24)28(37)36(22-16-31(6,32)17-22)23(18-40-26)15-30(3,4)5;/h7-14,22-23H,15-18,32H2,1-6H3,(H,33,34,35);1H/t22?,23-,31?;/m1./s1. The molecule has 226 valence electrons. The largest absolute Gasteiger partial charge is 0.475 e. The van der Waals surface area contributed by atoms with E-state index in [2.05, 4.69) is 35.5 Å². The predicted octanol–water partition coefficient (Wildman–Crippen LogP) is 5.50. The number of rotatable bonds is 3. The summed E-state index contributed by atoms with van der Waals surface area (Å²) in [5.41, 5.74) is 9.61. The van der Waals surface area contributed by atoms with Crippen LogP contribution in [0.15, 0.2) is 53.4 Å². The van der Waals surface area contributed by atoms with Gasteiger partial charge in [-0.05, 0) is 74.8 Å². The Morgan fingerprint density at radius 2 is 1.71 bits per heavy atom. The predicted molar refractivity (Wildman–Crippen MR) is 167 cm³/mol. The number of amides is 1.